The van der Waals surface area contributed by atoms with E-state index in [1.54, 1.807) is 25.1 Å². The summed E-state index contributed by atoms with van der Waals surface area (Å²) in [4.78, 5) is 12.4. The minimum Gasteiger partial charge on any atom is -0.416 e. The van der Waals surface area contributed by atoms with Crippen molar-refractivity contribution in [1.82, 2.24) is 10.2 Å². The van der Waals surface area contributed by atoms with E-state index in [1.807, 2.05) is 36.4 Å². The van der Waals surface area contributed by atoms with Gasteiger partial charge in [0, 0.05) is 5.69 Å². The summed E-state index contributed by atoms with van der Waals surface area (Å²) < 4.78 is 5.61. The number of amides is 1. The molecule has 6 nitrogen and oxygen atoms in total. The number of benzene rings is 2. The average molecular weight is 399 g/mol. The highest BCUT2D eigenvalue weighted by Crippen LogP contribution is 2.25. The number of carbonyl (C=O) groups excluding carboxylic acids is 1. The fraction of sp³-hybridized carbons (Fsp3) is 0.158. The topological polar surface area (TPSA) is 91.8 Å². The number of anilines is 1. The first-order valence-corrected chi connectivity index (χ1v) is 9.34. The van der Waals surface area contributed by atoms with Crippen LogP contribution in [0.2, 0.25) is 5.02 Å². The van der Waals surface area contributed by atoms with Gasteiger partial charge in [0.05, 0.1) is 22.3 Å². The van der Waals surface area contributed by atoms with Crippen LogP contribution in [0.5, 0.6) is 0 Å². The van der Waals surface area contributed by atoms with Crippen LogP contribution in [0.4, 0.5) is 5.69 Å². The monoisotopic (exact) mass is 398 g/mol. The minimum atomic E-state index is -0.454. The van der Waals surface area contributed by atoms with Gasteiger partial charge < -0.3 is 9.73 Å². The second-order valence-electron chi connectivity index (χ2n) is 5.68. The average Bonchev–Trinajstić information content (AvgIpc) is 3.09. The van der Waals surface area contributed by atoms with Gasteiger partial charge in [-0.1, -0.05) is 53.7 Å². The molecule has 136 valence electrons. The molecule has 8 heteroatoms. The molecular formula is C19H15ClN4O2S. The van der Waals surface area contributed by atoms with E-state index in [4.69, 9.17) is 21.3 Å². The second-order valence-corrected chi connectivity index (χ2v) is 7.38. The summed E-state index contributed by atoms with van der Waals surface area (Å²) in [6.07, 6.45) is 0.540. The van der Waals surface area contributed by atoms with Gasteiger partial charge in [-0.2, -0.15) is 5.26 Å². The van der Waals surface area contributed by atoms with Crippen LogP contribution < -0.4 is 5.32 Å². The summed E-state index contributed by atoms with van der Waals surface area (Å²) >= 11 is 7.16. The highest BCUT2D eigenvalue weighted by atomic mass is 35.5. The van der Waals surface area contributed by atoms with Gasteiger partial charge >= 0.3 is 0 Å². The molecule has 1 aromatic heterocycles. The van der Waals surface area contributed by atoms with Gasteiger partial charge in [0.15, 0.2) is 0 Å². The lowest BCUT2D eigenvalue weighted by molar-refractivity contribution is -0.115. The third-order valence-corrected chi connectivity index (χ3v) is 4.90. The Hall–Kier alpha value is -2.82. The predicted octanol–water partition coefficient (Wildman–Crippen LogP) is 4.30. The Morgan fingerprint density at radius 3 is 2.78 bits per heavy atom. The van der Waals surface area contributed by atoms with E-state index in [0.717, 1.165) is 5.56 Å². The van der Waals surface area contributed by atoms with E-state index in [2.05, 4.69) is 15.5 Å². The van der Waals surface area contributed by atoms with E-state index in [9.17, 15) is 4.79 Å². The highest BCUT2D eigenvalue weighted by molar-refractivity contribution is 8.00. The number of halogens is 1. The first kappa shape index (κ1) is 19.0. The number of nitrogens with zero attached hydrogens (tertiary/aromatic N) is 3. The van der Waals surface area contributed by atoms with Crippen molar-refractivity contribution in [2.24, 2.45) is 0 Å². The van der Waals surface area contributed by atoms with Gasteiger partial charge in [-0.25, -0.2) is 0 Å². The summed E-state index contributed by atoms with van der Waals surface area (Å²) in [5, 5.41) is 19.8. The van der Waals surface area contributed by atoms with Gasteiger partial charge in [-0.15, -0.1) is 10.2 Å². The maximum atomic E-state index is 12.4. The van der Waals surface area contributed by atoms with Gasteiger partial charge in [0.1, 0.15) is 6.07 Å². The van der Waals surface area contributed by atoms with Crippen LogP contribution in [-0.2, 0) is 11.2 Å². The number of hydrogen-bond donors (Lipinski definition) is 1. The summed E-state index contributed by atoms with van der Waals surface area (Å²) in [6, 6.07) is 16.5. The lowest BCUT2D eigenvalue weighted by Gasteiger charge is -2.10. The summed E-state index contributed by atoms with van der Waals surface area (Å²) in [5.74, 6) is 0.263. The van der Waals surface area contributed by atoms with Crippen molar-refractivity contribution in [3.63, 3.8) is 0 Å². The molecule has 0 aliphatic carbocycles. The lowest BCUT2D eigenvalue weighted by Crippen LogP contribution is -2.22. The molecule has 3 aromatic rings. The van der Waals surface area contributed by atoms with Crippen LogP contribution in [0.3, 0.4) is 0 Å². The Balaban J connectivity index is 1.58. The number of thioether (sulfide) groups is 1. The molecule has 1 heterocycles. The van der Waals surface area contributed by atoms with Crippen molar-refractivity contribution in [2.45, 2.75) is 23.8 Å². The molecular weight excluding hydrogens is 384 g/mol. The van der Waals surface area contributed by atoms with Crippen molar-refractivity contribution < 1.29 is 9.21 Å². The van der Waals surface area contributed by atoms with Crippen LogP contribution in [0, 0.1) is 11.3 Å². The zero-order chi connectivity index (χ0) is 19.2. The van der Waals surface area contributed by atoms with E-state index in [1.165, 1.54) is 11.8 Å². The Bertz CT molecular complexity index is 985. The van der Waals surface area contributed by atoms with Crippen molar-refractivity contribution in [1.29, 1.82) is 5.26 Å². The Kier molecular flexibility index (Phi) is 6.12. The molecule has 0 aliphatic rings. The molecule has 0 radical (unpaired) electrons. The molecule has 1 amide bonds. The van der Waals surface area contributed by atoms with Crippen LogP contribution >= 0.6 is 23.4 Å². The summed E-state index contributed by atoms with van der Waals surface area (Å²) in [5.41, 5.74) is 1.95. The number of nitriles is 1. The standard InChI is InChI=1S/C19H15ClN4O2S/c1-12(18(25)22-15-8-7-14(11-21)16(20)10-15)27-19-24-23-17(26-19)9-13-5-3-2-4-6-13/h2-8,10,12H,9H2,1H3,(H,22,25)/t12-/m1/s1. The first-order valence-electron chi connectivity index (χ1n) is 8.08. The molecule has 0 saturated heterocycles. The molecule has 1 atom stereocenters. The van der Waals surface area contributed by atoms with Crippen molar-refractivity contribution in [2.75, 3.05) is 5.32 Å². The zero-order valence-corrected chi connectivity index (χ0v) is 15.9. The van der Waals surface area contributed by atoms with Gasteiger partial charge in [-0.05, 0) is 30.7 Å². The molecule has 0 unspecified atom stereocenters. The number of aromatic nitrogens is 2. The first-order chi connectivity index (χ1) is 13.0. The number of hydrogen-bond acceptors (Lipinski definition) is 6. The number of nitrogens with one attached hydrogen (secondary N) is 1. The Morgan fingerprint density at radius 2 is 2.07 bits per heavy atom. The molecule has 3 rings (SSSR count). The van der Waals surface area contributed by atoms with E-state index >= 15 is 0 Å². The second kappa shape index (κ2) is 8.71. The normalized spacial score (nSPS) is 11.6. The molecule has 0 bridgehead atoms. The predicted molar refractivity (Wildman–Crippen MR) is 104 cm³/mol. The smallest absolute Gasteiger partial charge is 0.277 e. The Morgan fingerprint density at radius 1 is 1.30 bits per heavy atom. The van der Waals surface area contributed by atoms with Crippen molar-refractivity contribution in [3.05, 3.63) is 70.6 Å². The van der Waals surface area contributed by atoms with Gasteiger partial charge in [-0.3, -0.25) is 4.79 Å². The maximum absolute atomic E-state index is 12.4. The van der Waals surface area contributed by atoms with Gasteiger partial charge in [0.25, 0.3) is 5.22 Å². The van der Waals surface area contributed by atoms with Crippen LogP contribution in [0.25, 0.3) is 0 Å². The fourth-order valence-corrected chi connectivity index (χ4v) is 3.18. The third-order valence-electron chi connectivity index (χ3n) is 3.65. The van der Waals surface area contributed by atoms with E-state index in [-0.39, 0.29) is 10.9 Å². The SMILES string of the molecule is C[C@@H](Sc1nnc(Cc2ccccc2)o1)C(=O)Nc1ccc(C#N)c(Cl)c1. The molecule has 0 spiro atoms. The molecule has 0 fully saturated rings. The van der Waals surface area contributed by atoms with Gasteiger partial charge in [0.2, 0.25) is 11.8 Å². The van der Waals surface area contributed by atoms with E-state index in [0.29, 0.717) is 28.8 Å². The van der Waals surface area contributed by atoms with Crippen molar-refractivity contribution in [3.8, 4) is 6.07 Å². The van der Waals surface area contributed by atoms with Crippen LogP contribution in [-0.4, -0.2) is 21.4 Å². The molecule has 2 aromatic carbocycles. The summed E-state index contributed by atoms with van der Waals surface area (Å²) in [6.45, 7) is 1.74. The lowest BCUT2D eigenvalue weighted by atomic mass is 10.2. The fourth-order valence-electron chi connectivity index (χ4n) is 2.26. The molecule has 1 N–H and O–H groups in total. The largest absolute Gasteiger partial charge is 0.416 e. The molecule has 27 heavy (non-hydrogen) atoms. The minimum absolute atomic E-state index is 0.233. The molecule has 0 saturated carbocycles. The number of carbonyl (C=O) groups is 1. The number of rotatable bonds is 6. The third kappa shape index (κ3) is 5.09. The maximum Gasteiger partial charge on any atom is 0.277 e. The van der Waals surface area contributed by atoms with E-state index < -0.39 is 5.25 Å². The highest BCUT2D eigenvalue weighted by Gasteiger charge is 2.19. The zero-order valence-electron chi connectivity index (χ0n) is 14.3. The van der Waals surface area contributed by atoms with Crippen molar-refractivity contribution >= 4 is 35.0 Å². The quantitative estimate of drug-likeness (QED) is 0.622. The summed E-state index contributed by atoms with van der Waals surface area (Å²) in [7, 11) is 0. The van der Waals surface area contributed by atoms with Crippen LogP contribution in [0.15, 0.2) is 58.2 Å². The molecule has 0 aliphatic heterocycles. The Labute approximate surface area is 165 Å². The van der Waals surface area contributed by atoms with Crippen LogP contribution in [0.1, 0.15) is 23.9 Å².